The molecule has 0 aromatic heterocycles. The fourth-order valence-electron chi connectivity index (χ4n) is 4.57. The Morgan fingerprint density at radius 1 is 1.23 bits per heavy atom. The van der Waals surface area contributed by atoms with E-state index in [1.165, 1.54) is 16.7 Å². The second-order valence-electron chi connectivity index (χ2n) is 7.83. The van der Waals surface area contributed by atoms with E-state index in [4.69, 9.17) is 4.74 Å². The first kappa shape index (κ1) is 19.2. The van der Waals surface area contributed by atoms with Gasteiger partial charge in [0, 0.05) is 45.2 Å². The maximum atomic E-state index is 12.3. The molecule has 2 heterocycles. The smallest absolute Gasteiger partial charge is 0.222 e. The van der Waals surface area contributed by atoms with Crippen LogP contribution in [0.2, 0.25) is 0 Å². The van der Waals surface area contributed by atoms with Gasteiger partial charge in [-0.2, -0.15) is 0 Å². The van der Waals surface area contributed by atoms with Crippen molar-refractivity contribution in [1.29, 1.82) is 0 Å². The lowest BCUT2D eigenvalue weighted by molar-refractivity contribution is -0.141. The van der Waals surface area contributed by atoms with Crippen LogP contribution in [-0.2, 0) is 11.3 Å². The lowest BCUT2D eigenvalue weighted by atomic mass is 9.83. The fraction of sp³-hybridized carbons (Fsp3) is 0.667. The van der Waals surface area contributed by atoms with Gasteiger partial charge in [-0.25, -0.2) is 0 Å². The average molecular weight is 360 g/mol. The molecule has 0 radical (unpaired) electrons. The number of methoxy groups -OCH3 is 1. The SMILES string of the molecule is CNCCN1C(=O)CC[C@H]2CN(Cc3cc(C)c(OC)cc3C)CC[C@H]21. The fourth-order valence-corrected chi connectivity index (χ4v) is 4.57. The van der Waals surface area contributed by atoms with Crippen molar-refractivity contribution in [2.24, 2.45) is 5.92 Å². The second-order valence-corrected chi connectivity index (χ2v) is 7.83. The summed E-state index contributed by atoms with van der Waals surface area (Å²) in [6.07, 6.45) is 2.84. The van der Waals surface area contributed by atoms with E-state index in [1.54, 1.807) is 7.11 Å². The van der Waals surface area contributed by atoms with Gasteiger partial charge in [0.2, 0.25) is 5.91 Å². The van der Waals surface area contributed by atoms with E-state index in [0.717, 1.165) is 51.3 Å². The van der Waals surface area contributed by atoms with Crippen molar-refractivity contribution < 1.29 is 9.53 Å². The molecule has 0 aliphatic carbocycles. The number of likely N-dealkylation sites (tertiary alicyclic amines) is 2. The Bertz CT molecular complexity index is 646. The van der Waals surface area contributed by atoms with Crippen LogP contribution in [0.5, 0.6) is 5.75 Å². The van der Waals surface area contributed by atoms with Gasteiger partial charge >= 0.3 is 0 Å². The Hall–Kier alpha value is -1.59. The van der Waals surface area contributed by atoms with Crippen LogP contribution in [0.1, 0.15) is 36.0 Å². The molecule has 1 aromatic rings. The van der Waals surface area contributed by atoms with Gasteiger partial charge in [0.1, 0.15) is 5.75 Å². The number of nitrogens with one attached hydrogen (secondary N) is 1. The lowest BCUT2D eigenvalue weighted by Crippen LogP contribution is -2.56. The highest BCUT2D eigenvalue weighted by atomic mass is 16.5. The number of hydrogen-bond donors (Lipinski definition) is 1. The molecule has 0 saturated carbocycles. The van der Waals surface area contributed by atoms with E-state index in [-0.39, 0.29) is 0 Å². The van der Waals surface area contributed by atoms with Crippen LogP contribution < -0.4 is 10.1 Å². The number of rotatable bonds is 6. The predicted molar refractivity (Wildman–Crippen MR) is 105 cm³/mol. The van der Waals surface area contributed by atoms with E-state index in [2.05, 4.69) is 41.1 Å². The highest BCUT2D eigenvalue weighted by molar-refractivity contribution is 5.77. The van der Waals surface area contributed by atoms with E-state index in [1.807, 2.05) is 7.05 Å². The number of carbonyl (C=O) groups is 1. The Morgan fingerprint density at radius 2 is 2.04 bits per heavy atom. The van der Waals surface area contributed by atoms with Gasteiger partial charge in [-0.05, 0) is 62.4 Å². The van der Waals surface area contributed by atoms with Gasteiger partial charge < -0.3 is 15.0 Å². The summed E-state index contributed by atoms with van der Waals surface area (Å²) >= 11 is 0. The quantitative estimate of drug-likeness (QED) is 0.847. The number of aryl methyl sites for hydroxylation is 2. The molecule has 2 aliphatic heterocycles. The molecule has 0 unspecified atom stereocenters. The van der Waals surface area contributed by atoms with Gasteiger partial charge in [-0.3, -0.25) is 9.69 Å². The minimum absolute atomic E-state index is 0.344. The van der Waals surface area contributed by atoms with Crippen molar-refractivity contribution in [3.63, 3.8) is 0 Å². The molecule has 1 amide bonds. The van der Waals surface area contributed by atoms with Crippen molar-refractivity contribution in [2.45, 2.75) is 45.7 Å². The van der Waals surface area contributed by atoms with Gasteiger partial charge in [-0.15, -0.1) is 0 Å². The van der Waals surface area contributed by atoms with Crippen molar-refractivity contribution in [3.8, 4) is 5.75 Å². The number of nitrogens with zero attached hydrogens (tertiary/aromatic N) is 2. The summed E-state index contributed by atoms with van der Waals surface area (Å²) in [7, 11) is 3.68. The Kier molecular flexibility index (Phi) is 6.20. The standard InChI is InChI=1S/C21H33N3O2/c1-15-12-20(26-4)16(2)11-18(15)14-23-9-7-19-17(13-23)5-6-21(25)24(19)10-8-22-3/h11-12,17,19,22H,5-10,13-14H2,1-4H3/t17-,19+/m0/s1. The number of amides is 1. The zero-order chi connectivity index (χ0) is 18.7. The number of hydrogen-bond acceptors (Lipinski definition) is 4. The molecule has 0 bridgehead atoms. The van der Waals surface area contributed by atoms with Crippen LogP contribution in [0, 0.1) is 19.8 Å². The molecule has 1 aromatic carbocycles. The van der Waals surface area contributed by atoms with Crippen LogP contribution in [0.3, 0.4) is 0 Å². The first-order chi connectivity index (χ1) is 12.5. The van der Waals surface area contributed by atoms with E-state index in [9.17, 15) is 4.79 Å². The molecule has 2 atom stereocenters. The predicted octanol–water partition coefficient (Wildman–Crippen LogP) is 2.34. The zero-order valence-corrected chi connectivity index (χ0v) is 16.7. The number of benzene rings is 1. The molecule has 2 aliphatic rings. The van der Waals surface area contributed by atoms with Crippen LogP contribution in [0.25, 0.3) is 0 Å². The van der Waals surface area contributed by atoms with Crippen LogP contribution in [0.15, 0.2) is 12.1 Å². The third kappa shape index (κ3) is 4.04. The number of ether oxygens (including phenoxy) is 1. The van der Waals surface area contributed by atoms with Gasteiger partial charge in [0.15, 0.2) is 0 Å². The molecule has 2 fully saturated rings. The van der Waals surface area contributed by atoms with Crippen LogP contribution in [0.4, 0.5) is 0 Å². The van der Waals surface area contributed by atoms with E-state index in [0.29, 0.717) is 24.3 Å². The summed E-state index contributed by atoms with van der Waals surface area (Å²) in [5.74, 6) is 1.92. The molecule has 144 valence electrons. The van der Waals surface area contributed by atoms with Crippen molar-refractivity contribution in [1.82, 2.24) is 15.1 Å². The third-order valence-corrected chi connectivity index (χ3v) is 6.08. The Morgan fingerprint density at radius 3 is 2.77 bits per heavy atom. The molecule has 26 heavy (non-hydrogen) atoms. The average Bonchev–Trinajstić information content (AvgIpc) is 2.63. The molecule has 1 N–H and O–H groups in total. The molecule has 5 nitrogen and oxygen atoms in total. The summed E-state index contributed by atoms with van der Waals surface area (Å²) in [5, 5.41) is 3.18. The normalized spacial score (nSPS) is 23.8. The first-order valence-corrected chi connectivity index (χ1v) is 9.84. The molecule has 0 spiro atoms. The molecular formula is C21H33N3O2. The molecule has 5 heteroatoms. The minimum Gasteiger partial charge on any atom is -0.496 e. The summed E-state index contributed by atoms with van der Waals surface area (Å²) in [6, 6.07) is 4.85. The van der Waals surface area contributed by atoms with E-state index < -0.39 is 0 Å². The Labute approximate surface area is 157 Å². The van der Waals surface area contributed by atoms with Gasteiger partial charge in [0.25, 0.3) is 0 Å². The van der Waals surface area contributed by atoms with Crippen LogP contribution >= 0.6 is 0 Å². The summed E-state index contributed by atoms with van der Waals surface area (Å²) in [4.78, 5) is 17.1. The zero-order valence-electron chi connectivity index (χ0n) is 16.7. The highest BCUT2D eigenvalue weighted by Gasteiger charge is 2.38. The van der Waals surface area contributed by atoms with Crippen LogP contribution in [-0.4, -0.2) is 62.1 Å². The lowest BCUT2D eigenvalue weighted by Gasteiger charge is -2.47. The van der Waals surface area contributed by atoms with Crippen molar-refractivity contribution >= 4 is 5.91 Å². The maximum absolute atomic E-state index is 12.3. The van der Waals surface area contributed by atoms with Crippen molar-refractivity contribution in [2.75, 3.05) is 40.3 Å². The molecule has 3 rings (SSSR count). The third-order valence-electron chi connectivity index (χ3n) is 6.08. The monoisotopic (exact) mass is 359 g/mol. The molecular weight excluding hydrogens is 326 g/mol. The van der Waals surface area contributed by atoms with E-state index >= 15 is 0 Å². The Balaban J connectivity index is 1.65. The highest BCUT2D eigenvalue weighted by Crippen LogP contribution is 2.32. The minimum atomic E-state index is 0.344. The van der Waals surface area contributed by atoms with Crippen molar-refractivity contribution in [3.05, 3.63) is 28.8 Å². The number of piperidine rings is 2. The largest absolute Gasteiger partial charge is 0.496 e. The first-order valence-electron chi connectivity index (χ1n) is 9.84. The summed E-state index contributed by atoms with van der Waals surface area (Å²) < 4.78 is 5.44. The number of carbonyl (C=O) groups excluding carboxylic acids is 1. The number of fused-ring (bicyclic) bond motifs is 1. The van der Waals surface area contributed by atoms with Gasteiger partial charge in [-0.1, -0.05) is 6.07 Å². The summed E-state index contributed by atoms with van der Waals surface area (Å²) in [6.45, 7) is 9.15. The topological polar surface area (TPSA) is 44.8 Å². The number of likely N-dealkylation sites (N-methyl/N-ethyl adjacent to an activating group) is 1. The molecule has 2 saturated heterocycles. The maximum Gasteiger partial charge on any atom is 0.222 e. The summed E-state index contributed by atoms with van der Waals surface area (Å²) in [5.41, 5.74) is 3.88. The van der Waals surface area contributed by atoms with Gasteiger partial charge in [0.05, 0.1) is 7.11 Å². The second kappa shape index (κ2) is 8.40.